The molecule has 0 aliphatic heterocycles. The number of benzene rings is 1. The highest BCUT2D eigenvalue weighted by Gasteiger charge is 2.34. The van der Waals surface area contributed by atoms with Crippen LogP contribution in [0.4, 0.5) is 0 Å². The third kappa shape index (κ3) is 2.58. The van der Waals surface area contributed by atoms with Gasteiger partial charge >= 0.3 is 0 Å². The summed E-state index contributed by atoms with van der Waals surface area (Å²) < 4.78 is 0. The molecular formula is C13H19NO. The van der Waals surface area contributed by atoms with Crippen LogP contribution in [-0.4, -0.2) is 17.3 Å². The summed E-state index contributed by atoms with van der Waals surface area (Å²) >= 11 is 0. The fraction of sp³-hybridized carbons (Fsp3) is 0.538. The Kier molecular flexibility index (Phi) is 3.08. The smallest absolute Gasteiger partial charge is 0.0771 e. The van der Waals surface area contributed by atoms with Crippen molar-refractivity contribution in [1.29, 1.82) is 0 Å². The molecule has 2 heteroatoms. The summed E-state index contributed by atoms with van der Waals surface area (Å²) in [5, 5.41) is 13.3. The Morgan fingerprint density at radius 2 is 2.00 bits per heavy atom. The minimum Gasteiger partial charge on any atom is -0.389 e. The van der Waals surface area contributed by atoms with E-state index in [1.165, 1.54) is 5.56 Å². The first-order valence-corrected chi connectivity index (χ1v) is 5.70. The minimum atomic E-state index is -0.428. The lowest BCUT2D eigenvalue weighted by molar-refractivity contribution is -0.0329. The molecule has 0 radical (unpaired) electrons. The Morgan fingerprint density at radius 3 is 2.53 bits per heavy atom. The lowest BCUT2D eigenvalue weighted by Gasteiger charge is -2.37. The highest BCUT2D eigenvalue weighted by molar-refractivity contribution is 5.18. The van der Waals surface area contributed by atoms with E-state index < -0.39 is 5.60 Å². The molecule has 0 aromatic heterocycles. The molecule has 0 unspecified atom stereocenters. The lowest BCUT2D eigenvalue weighted by atomic mass is 9.80. The average molecular weight is 205 g/mol. The van der Waals surface area contributed by atoms with E-state index in [-0.39, 0.29) is 0 Å². The molecule has 2 nitrogen and oxygen atoms in total. The third-order valence-electron chi connectivity index (χ3n) is 3.32. The van der Waals surface area contributed by atoms with Crippen LogP contribution in [0.1, 0.15) is 37.8 Å². The van der Waals surface area contributed by atoms with Crippen LogP contribution in [0.3, 0.4) is 0 Å². The zero-order valence-electron chi connectivity index (χ0n) is 9.24. The van der Waals surface area contributed by atoms with Crippen LogP contribution in [0.5, 0.6) is 0 Å². The molecule has 1 aromatic carbocycles. The molecule has 1 aliphatic rings. The van der Waals surface area contributed by atoms with E-state index in [9.17, 15) is 5.11 Å². The number of aliphatic hydroxyl groups is 1. The zero-order valence-corrected chi connectivity index (χ0v) is 9.24. The molecule has 0 saturated heterocycles. The third-order valence-corrected chi connectivity index (χ3v) is 3.32. The van der Waals surface area contributed by atoms with Gasteiger partial charge in [-0.25, -0.2) is 0 Å². The lowest BCUT2D eigenvalue weighted by Crippen LogP contribution is -2.46. The van der Waals surface area contributed by atoms with Crippen molar-refractivity contribution in [3.8, 4) is 0 Å². The molecule has 0 bridgehead atoms. The van der Waals surface area contributed by atoms with Crippen molar-refractivity contribution in [3.05, 3.63) is 35.9 Å². The van der Waals surface area contributed by atoms with Crippen molar-refractivity contribution in [3.63, 3.8) is 0 Å². The second-order valence-electron chi connectivity index (χ2n) is 4.59. The van der Waals surface area contributed by atoms with Crippen LogP contribution in [-0.2, 0) is 0 Å². The molecule has 1 atom stereocenters. The molecule has 15 heavy (non-hydrogen) atoms. The molecule has 1 aromatic rings. The van der Waals surface area contributed by atoms with Gasteiger partial charge in [0.05, 0.1) is 5.60 Å². The van der Waals surface area contributed by atoms with Gasteiger partial charge in [-0.3, -0.25) is 0 Å². The highest BCUT2D eigenvalue weighted by Crippen LogP contribution is 2.31. The Balaban J connectivity index is 1.85. The molecule has 0 heterocycles. The zero-order chi connectivity index (χ0) is 10.7. The first-order valence-electron chi connectivity index (χ1n) is 5.70. The Hall–Kier alpha value is -0.860. The van der Waals surface area contributed by atoms with Gasteiger partial charge in [0.25, 0.3) is 0 Å². The normalized spacial score (nSPS) is 20.7. The summed E-state index contributed by atoms with van der Waals surface area (Å²) in [6.45, 7) is 2.85. The molecule has 1 saturated carbocycles. The summed E-state index contributed by atoms with van der Waals surface area (Å²) in [7, 11) is 0. The van der Waals surface area contributed by atoms with Crippen LogP contribution < -0.4 is 5.32 Å². The van der Waals surface area contributed by atoms with Crippen LogP contribution in [0.15, 0.2) is 30.3 Å². The second kappa shape index (κ2) is 4.33. The van der Waals surface area contributed by atoms with E-state index in [0.717, 1.165) is 19.3 Å². The largest absolute Gasteiger partial charge is 0.389 e. The molecule has 2 rings (SSSR count). The van der Waals surface area contributed by atoms with Gasteiger partial charge in [0.2, 0.25) is 0 Å². The van der Waals surface area contributed by atoms with Gasteiger partial charge in [0.15, 0.2) is 0 Å². The van der Waals surface area contributed by atoms with E-state index in [1.807, 2.05) is 18.2 Å². The Labute approximate surface area is 91.3 Å². The van der Waals surface area contributed by atoms with Crippen molar-refractivity contribution >= 4 is 0 Å². The maximum atomic E-state index is 9.94. The number of rotatable bonds is 4. The monoisotopic (exact) mass is 205 g/mol. The summed E-state index contributed by atoms with van der Waals surface area (Å²) in [6, 6.07) is 10.7. The van der Waals surface area contributed by atoms with E-state index in [0.29, 0.717) is 12.6 Å². The van der Waals surface area contributed by atoms with Crippen molar-refractivity contribution in [2.24, 2.45) is 0 Å². The molecule has 0 spiro atoms. The van der Waals surface area contributed by atoms with E-state index in [2.05, 4.69) is 24.4 Å². The molecule has 2 N–H and O–H groups in total. The first kappa shape index (κ1) is 10.7. The second-order valence-corrected chi connectivity index (χ2v) is 4.59. The number of hydrogen-bond acceptors (Lipinski definition) is 2. The average Bonchev–Trinajstić information content (AvgIpc) is 2.24. The van der Waals surface area contributed by atoms with Gasteiger partial charge in [-0.1, -0.05) is 30.3 Å². The minimum absolute atomic E-state index is 0.316. The predicted molar refractivity (Wildman–Crippen MR) is 61.7 cm³/mol. The van der Waals surface area contributed by atoms with Crippen molar-refractivity contribution in [2.45, 2.75) is 37.8 Å². The Morgan fingerprint density at radius 1 is 1.33 bits per heavy atom. The van der Waals surface area contributed by atoms with Crippen LogP contribution >= 0.6 is 0 Å². The molecular weight excluding hydrogens is 186 g/mol. The van der Waals surface area contributed by atoms with E-state index in [4.69, 9.17) is 0 Å². The van der Waals surface area contributed by atoms with Gasteiger partial charge in [0, 0.05) is 12.6 Å². The maximum Gasteiger partial charge on any atom is 0.0771 e. The maximum absolute atomic E-state index is 9.94. The highest BCUT2D eigenvalue weighted by atomic mass is 16.3. The number of hydrogen-bond donors (Lipinski definition) is 2. The molecule has 1 aliphatic carbocycles. The van der Waals surface area contributed by atoms with Gasteiger partial charge in [0.1, 0.15) is 0 Å². The molecule has 1 fully saturated rings. The Bertz CT molecular complexity index is 306. The van der Waals surface area contributed by atoms with Gasteiger partial charge in [-0.2, -0.15) is 0 Å². The fourth-order valence-electron chi connectivity index (χ4n) is 1.96. The standard InChI is InChI=1S/C13H19NO/c1-11(12-6-3-2-4-7-12)14-10-13(15)8-5-9-13/h2-4,6-7,11,14-15H,5,8-10H2,1H3/t11-/m0/s1. The van der Waals surface area contributed by atoms with Crippen LogP contribution in [0.25, 0.3) is 0 Å². The van der Waals surface area contributed by atoms with Gasteiger partial charge in [-0.15, -0.1) is 0 Å². The quantitative estimate of drug-likeness (QED) is 0.790. The fourth-order valence-corrected chi connectivity index (χ4v) is 1.96. The first-order chi connectivity index (χ1) is 7.20. The van der Waals surface area contributed by atoms with Gasteiger partial charge < -0.3 is 10.4 Å². The number of nitrogens with one attached hydrogen (secondary N) is 1. The van der Waals surface area contributed by atoms with Crippen molar-refractivity contribution in [1.82, 2.24) is 5.32 Å². The van der Waals surface area contributed by atoms with Gasteiger partial charge in [-0.05, 0) is 31.7 Å². The van der Waals surface area contributed by atoms with Crippen LogP contribution in [0.2, 0.25) is 0 Å². The van der Waals surface area contributed by atoms with Crippen LogP contribution in [0, 0.1) is 0 Å². The van der Waals surface area contributed by atoms with E-state index >= 15 is 0 Å². The van der Waals surface area contributed by atoms with Crippen molar-refractivity contribution in [2.75, 3.05) is 6.54 Å². The topological polar surface area (TPSA) is 32.3 Å². The summed E-state index contributed by atoms with van der Waals surface area (Å²) in [6.07, 6.45) is 3.06. The summed E-state index contributed by atoms with van der Waals surface area (Å²) in [5.74, 6) is 0. The van der Waals surface area contributed by atoms with E-state index in [1.54, 1.807) is 0 Å². The molecule has 0 amide bonds. The summed E-state index contributed by atoms with van der Waals surface area (Å²) in [5.41, 5.74) is 0.851. The predicted octanol–water partition coefficient (Wildman–Crippen LogP) is 2.25. The SMILES string of the molecule is C[C@H](NCC1(O)CCC1)c1ccccc1. The molecule has 82 valence electrons. The summed E-state index contributed by atoms with van der Waals surface area (Å²) in [4.78, 5) is 0. The van der Waals surface area contributed by atoms with Crippen molar-refractivity contribution < 1.29 is 5.11 Å².